The van der Waals surface area contributed by atoms with Crippen LogP contribution >= 0.6 is 0 Å². The van der Waals surface area contributed by atoms with Crippen LogP contribution in [-0.4, -0.2) is 49.2 Å². The fourth-order valence-corrected chi connectivity index (χ4v) is 2.07. The summed E-state index contributed by atoms with van der Waals surface area (Å²) in [5.41, 5.74) is -0.760. The van der Waals surface area contributed by atoms with Crippen molar-refractivity contribution in [2.45, 2.75) is 37.6 Å². The Morgan fingerprint density at radius 3 is 2.79 bits per heavy atom. The first-order valence-electron chi connectivity index (χ1n) is 4.66. The predicted molar refractivity (Wildman–Crippen MR) is 46.6 cm³/mol. The van der Waals surface area contributed by atoms with Crippen molar-refractivity contribution in [2.24, 2.45) is 0 Å². The van der Waals surface area contributed by atoms with Crippen LogP contribution in [0.25, 0.3) is 0 Å². The van der Waals surface area contributed by atoms with E-state index in [9.17, 15) is 5.11 Å². The molecule has 3 atom stereocenters. The first-order chi connectivity index (χ1) is 6.53. The van der Waals surface area contributed by atoms with E-state index in [2.05, 4.69) is 0 Å². The second kappa shape index (κ2) is 3.15. The van der Waals surface area contributed by atoms with E-state index in [1.54, 1.807) is 7.11 Å². The first-order valence-corrected chi connectivity index (χ1v) is 4.66. The fourth-order valence-electron chi connectivity index (χ4n) is 2.07. The standard InChI is InChI=1S/C9H16O5/c1-8(2)13-6-7(11-3)12-5-9(6,4-10)14-8/h6-7,10H,4-5H2,1-3H3/t6-,7+,9+/m1/s1. The second-order valence-corrected chi connectivity index (χ2v) is 4.18. The van der Waals surface area contributed by atoms with Crippen molar-refractivity contribution in [1.82, 2.24) is 0 Å². The molecule has 14 heavy (non-hydrogen) atoms. The Morgan fingerprint density at radius 2 is 2.21 bits per heavy atom. The highest BCUT2D eigenvalue weighted by Gasteiger charge is 2.61. The molecular formula is C9H16O5. The quantitative estimate of drug-likeness (QED) is 0.679. The van der Waals surface area contributed by atoms with Crippen LogP contribution in [0.3, 0.4) is 0 Å². The molecule has 0 radical (unpaired) electrons. The molecule has 0 spiro atoms. The van der Waals surface area contributed by atoms with Crippen LogP contribution in [0.1, 0.15) is 13.8 Å². The molecule has 0 bridgehead atoms. The smallest absolute Gasteiger partial charge is 0.186 e. The van der Waals surface area contributed by atoms with Gasteiger partial charge in [0, 0.05) is 7.11 Å². The molecule has 0 aromatic carbocycles. The van der Waals surface area contributed by atoms with E-state index in [4.69, 9.17) is 18.9 Å². The summed E-state index contributed by atoms with van der Waals surface area (Å²) in [7, 11) is 1.55. The number of rotatable bonds is 2. The van der Waals surface area contributed by atoms with Gasteiger partial charge in [-0.15, -0.1) is 0 Å². The number of methoxy groups -OCH3 is 1. The zero-order valence-electron chi connectivity index (χ0n) is 8.65. The normalized spacial score (nSPS) is 45.4. The maximum atomic E-state index is 9.33. The minimum Gasteiger partial charge on any atom is -0.393 e. The molecule has 1 N–H and O–H groups in total. The van der Waals surface area contributed by atoms with Crippen LogP contribution in [0.2, 0.25) is 0 Å². The molecule has 2 rings (SSSR count). The minimum absolute atomic E-state index is 0.124. The minimum atomic E-state index is -0.760. The van der Waals surface area contributed by atoms with Crippen molar-refractivity contribution in [3.63, 3.8) is 0 Å². The summed E-state index contributed by atoms with van der Waals surface area (Å²) < 4.78 is 21.7. The molecule has 5 heteroatoms. The van der Waals surface area contributed by atoms with E-state index in [0.29, 0.717) is 6.61 Å². The van der Waals surface area contributed by atoms with Gasteiger partial charge < -0.3 is 24.1 Å². The molecule has 2 heterocycles. The SMILES string of the molecule is CO[C@H]1OC[C@]2(CO)OC(C)(C)O[C@H]12. The molecule has 2 aliphatic heterocycles. The van der Waals surface area contributed by atoms with Gasteiger partial charge in [-0.3, -0.25) is 0 Å². The maximum absolute atomic E-state index is 9.33. The zero-order valence-corrected chi connectivity index (χ0v) is 8.65. The monoisotopic (exact) mass is 204 g/mol. The largest absolute Gasteiger partial charge is 0.393 e. The summed E-state index contributed by atoms with van der Waals surface area (Å²) >= 11 is 0. The number of aliphatic hydroxyl groups excluding tert-OH is 1. The van der Waals surface area contributed by atoms with E-state index in [0.717, 1.165) is 0 Å². The predicted octanol–water partition coefficient (Wildman–Crippen LogP) is -0.128. The molecule has 5 nitrogen and oxygen atoms in total. The molecule has 0 aromatic rings. The van der Waals surface area contributed by atoms with Crippen LogP contribution in [0.4, 0.5) is 0 Å². The molecule has 2 saturated heterocycles. The number of hydrogen-bond acceptors (Lipinski definition) is 5. The lowest BCUT2D eigenvalue weighted by Crippen LogP contribution is -2.45. The van der Waals surface area contributed by atoms with Crippen molar-refractivity contribution in [2.75, 3.05) is 20.3 Å². The summed E-state index contributed by atoms with van der Waals surface area (Å²) in [6.45, 7) is 3.81. The van der Waals surface area contributed by atoms with Crippen LogP contribution < -0.4 is 0 Å². The zero-order chi connectivity index (χ0) is 10.4. The Labute approximate surface area is 82.9 Å². The van der Waals surface area contributed by atoms with E-state index >= 15 is 0 Å². The molecule has 0 saturated carbocycles. The number of aliphatic hydroxyl groups is 1. The molecule has 2 fully saturated rings. The van der Waals surface area contributed by atoms with Crippen LogP contribution in [0, 0.1) is 0 Å². The van der Waals surface area contributed by atoms with Gasteiger partial charge in [0.25, 0.3) is 0 Å². The highest BCUT2D eigenvalue weighted by molar-refractivity contribution is 5.02. The molecular weight excluding hydrogens is 188 g/mol. The third kappa shape index (κ3) is 1.36. The molecule has 2 aliphatic rings. The number of ether oxygens (including phenoxy) is 4. The summed E-state index contributed by atoms with van der Waals surface area (Å²) in [5, 5.41) is 9.33. The summed E-state index contributed by atoms with van der Waals surface area (Å²) in [6.07, 6.45) is -0.809. The van der Waals surface area contributed by atoms with Gasteiger partial charge in [0.05, 0.1) is 13.2 Å². The Kier molecular flexibility index (Phi) is 2.32. The van der Waals surface area contributed by atoms with Gasteiger partial charge in [-0.1, -0.05) is 0 Å². The molecule has 0 unspecified atom stereocenters. The van der Waals surface area contributed by atoms with Gasteiger partial charge >= 0.3 is 0 Å². The fraction of sp³-hybridized carbons (Fsp3) is 1.00. The van der Waals surface area contributed by atoms with Crippen molar-refractivity contribution in [3.05, 3.63) is 0 Å². The summed E-state index contributed by atoms with van der Waals surface area (Å²) in [4.78, 5) is 0. The van der Waals surface area contributed by atoms with Gasteiger partial charge in [-0.05, 0) is 13.8 Å². The third-order valence-electron chi connectivity index (χ3n) is 2.62. The van der Waals surface area contributed by atoms with Crippen LogP contribution in [0.15, 0.2) is 0 Å². The van der Waals surface area contributed by atoms with E-state index in [-0.39, 0.29) is 12.7 Å². The van der Waals surface area contributed by atoms with Crippen molar-refractivity contribution in [1.29, 1.82) is 0 Å². The topological polar surface area (TPSA) is 57.2 Å². The van der Waals surface area contributed by atoms with E-state index < -0.39 is 17.7 Å². The lowest BCUT2D eigenvalue weighted by atomic mass is 10.0. The average molecular weight is 204 g/mol. The molecule has 82 valence electrons. The molecule has 0 aromatic heterocycles. The van der Waals surface area contributed by atoms with Gasteiger partial charge in [0.2, 0.25) is 0 Å². The van der Waals surface area contributed by atoms with Gasteiger partial charge in [0.1, 0.15) is 11.7 Å². The van der Waals surface area contributed by atoms with Gasteiger partial charge in [0.15, 0.2) is 12.1 Å². The molecule has 0 amide bonds. The number of hydrogen-bond donors (Lipinski definition) is 1. The highest BCUT2D eigenvalue weighted by atomic mass is 16.8. The third-order valence-corrected chi connectivity index (χ3v) is 2.62. The average Bonchev–Trinajstić information content (AvgIpc) is 2.56. The van der Waals surface area contributed by atoms with E-state index in [1.807, 2.05) is 13.8 Å². The summed E-state index contributed by atoms with van der Waals surface area (Å²) in [6, 6.07) is 0. The maximum Gasteiger partial charge on any atom is 0.186 e. The van der Waals surface area contributed by atoms with Crippen molar-refractivity contribution >= 4 is 0 Å². The first kappa shape index (κ1) is 10.3. The van der Waals surface area contributed by atoms with Gasteiger partial charge in [-0.2, -0.15) is 0 Å². The molecule has 0 aliphatic carbocycles. The lowest BCUT2D eigenvalue weighted by Gasteiger charge is -2.23. The van der Waals surface area contributed by atoms with Crippen molar-refractivity contribution in [3.8, 4) is 0 Å². The lowest BCUT2D eigenvalue weighted by molar-refractivity contribution is -0.221. The van der Waals surface area contributed by atoms with Crippen LogP contribution in [-0.2, 0) is 18.9 Å². The number of fused-ring (bicyclic) bond motifs is 1. The Morgan fingerprint density at radius 1 is 1.50 bits per heavy atom. The second-order valence-electron chi connectivity index (χ2n) is 4.18. The highest BCUT2D eigenvalue weighted by Crippen LogP contribution is 2.42. The Balaban J connectivity index is 2.22. The van der Waals surface area contributed by atoms with Gasteiger partial charge in [-0.25, -0.2) is 0 Å². The Bertz CT molecular complexity index is 229. The Hall–Kier alpha value is -0.200. The van der Waals surface area contributed by atoms with Crippen molar-refractivity contribution < 1.29 is 24.1 Å². The summed E-state index contributed by atoms with van der Waals surface area (Å²) in [5.74, 6) is -0.687. The van der Waals surface area contributed by atoms with Crippen LogP contribution in [0.5, 0.6) is 0 Å². The van der Waals surface area contributed by atoms with E-state index in [1.165, 1.54) is 0 Å².